The van der Waals surface area contributed by atoms with Crippen molar-refractivity contribution in [1.29, 1.82) is 0 Å². The summed E-state index contributed by atoms with van der Waals surface area (Å²) < 4.78 is 3.76. The fourth-order valence-corrected chi connectivity index (χ4v) is 10.5. The molecule has 0 saturated carbocycles. The van der Waals surface area contributed by atoms with Gasteiger partial charge in [0.2, 0.25) is 0 Å². The van der Waals surface area contributed by atoms with Gasteiger partial charge in [-0.15, -0.1) is 22.7 Å². The van der Waals surface area contributed by atoms with Crippen LogP contribution in [0.4, 0.5) is 17.1 Å². The van der Waals surface area contributed by atoms with Crippen LogP contribution in [-0.2, 0) is 0 Å². The van der Waals surface area contributed by atoms with Crippen molar-refractivity contribution < 1.29 is 0 Å². The summed E-state index contributed by atoms with van der Waals surface area (Å²) in [5.74, 6) is 0. The van der Waals surface area contributed by atoms with Crippen molar-refractivity contribution in [2.24, 2.45) is 0 Å². The van der Waals surface area contributed by atoms with Crippen molar-refractivity contribution in [3.05, 3.63) is 218 Å². The van der Waals surface area contributed by atoms with Crippen molar-refractivity contribution in [1.82, 2.24) is 4.98 Å². The lowest BCUT2D eigenvalue weighted by molar-refractivity contribution is 1.28. The number of thiazole rings is 1. The van der Waals surface area contributed by atoms with E-state index in [0.29, 0.717) is 0 Å². The predicted octanol–water partition coefficient (Wildman–Crippen LogP) is 16.5. The number of fused-ring (bicyclic) bond motifs is 4. The van der Waals surface area contributed by atoms with Gasteiger partial charge in [0.05, 0.1) is 10.2 Å². The first kappa shape index (κ1) is 35.1. The molecule has 2 nitrogen and oxygen atoms in total. The lowest BCUT2D eigenvalue weighted by Crippen LogP contribution is -2.09. The second-order valence-corrected chi connectivity index (χ2v) is 16.8. The molecule has 0 spiro atoms. The summed E-state index contributed by atoms with van der Waals surface area (Å²) in [6.45, 7) is 0. The van der Waals surface area contributed by atoms with E-state index < -0.39 is 0 Å². The van der Waals surface area contributed by atoms with E-state index in [1.54, 1.807) is 11.3 Å². The summed E-state index contributed by atoms with van der Waals surface area (Å²) >= 11 is 3.63. The number of thiophene rings is 1. The highest BCUT2D eigenvalue weighted by Gasteiger charge is 2.20. The van der Waals surface area contributed by atoms with Gasteiger partial charge in [0.25, 0.3) is 0 Å². The number of hydrogen-bond acceptors (Lipinski definition) is 4. The van der Waals surface area contributed by atoms with E-state index in [1.807, 2.05) is 11.3 Å². The first-order valence-electron chi connectivity index (χ1n) is 19.9. The Bertz CT molecular complexity index is 3120. The molecule has 0 aliphatic heterocycles. The van der Waals surface area contributed by atoms with Crippen LogP contribution in [0, 0.1) is 0 Å². The van der Waals surface area contributed by atoms with Gasteiger partial charge in [0.1, 0.15) is 5.01 Å². The average molecular weight is 789 g/mol. The first-order chi connectivity index (χ1) is 29.2. The van der Waals surface area contributed by atoms with Gasteiger partial charge < -0.3 is 4.90 Å². The van der Waals surface area contributed by atoms with E-state index in [4.69, 9.17) is 4.98 Å². The zero-order valence-corrected chi connectivity index (χ0v) is 33.6. The highest BCUT2D eigenvalue weighted by atomic mass is 32.1. The maximum absolute atomic E-state index is 5.29. The van der Waals surface area contributed by atoms with Crippen LogP contribution in [0.3, 0.4) is 0 Å². The zero-order valence-electron chi connectivity index (χ0n) is 32.0. The summed E-state index contributed by atoms with van der Waals surface area (Å²) in [5.41, 5.74) is 15.1. The van der Waals surface area contributed by atoms with Crippen molar-refractivity contribution >= 4 is 70.1 Å². The topological polar surface area (TPSA) is 16.1 Å². The normalized spacial score (nSPS) is 11.4. The van der Waals surface area contributed by atoms with Crippen LogP contribution >= 0.6 is 22.7 Å². The summed E-state index contributed by atoms with van der Waals surface area (Å²) in [5, 5.41) is 3.61. The Hall–Kier alpha value is -7.11. The Labute approximate surface area is 351 Å². The molecule has 0 bridgehead atoms. The average Bonchev–Trinajstić information content (AvgIpc) is 3.91. The Balaban J connectivity index is 1.02. The van der Waals surface area contributed by atoms with Crippen LogP contribution < -0.4 is 4.90 Å². The van der Waals surface area contributed by atoms with E-state index in [0.717, 1.165) is 33.1 Å². The minimum Gasteiger partial charge on any atom is -0.311 e. The van der Waals surface area contributed by atoms with Crippen molar-refractivity contribution in [2.45, 2.75) is 0 Å². The molecule has 0 aliphatic carbocycles. The number of hydrogen-bond donors (Lipinski definition) is 0. The van der Waals surface area contributed by atoms with Crippen molar-refractivity contribution in [2.75, 3.05) is 4.90 Å². The van der Waals surface area contributed by atoms with Gasteiger partial charge in [0, 0.05) is 48.4 Å². The largest absolute Gasteiger partial charge is 0.311 e. The van der Waals surface area contributed by atoms with E-state index in [1.165, 1.54) is 69.4 Å². The first-order valence-corrected chi connectivity index (χ1v) is 21.5. The van der Waals surface area contributed by atoms with E-state index in [-0.39, 0.29) is 0 Å². The van der Waals surface area contributed by atoms with Crippen LogP contribution in [0.15, 0.2) is 218 Å². The maximum atomic E-state index is 5.29. The van der Waals surface area contributed by atoms with Crippen LogP contribution in [0.1, 0.15) is 0 Å². The predicted molar refractivity (Wildman–Crippen MR) is 254 cm³/mol. The van der Waals surface area contributed by atoms with Gasteiger partial charge >= 0.3 is 0 Å². The fraction of sp³-hybridized carbons (Fsp3) is 0. The van der Waals surface area contributed by atoms with Gasteiger partial charge in [-0.2, -0.15) is 0 Å². The Morgan fingerprint density at radius 1 is 0.339 bits per heavy atom. The number of benzene rings is 9. The third-order valence-corrected chi connectivity index (χ3v) is 13.4. The van der Waals surface area contributed by atoms with Crippen LogP contribution in [0.25, 0.3) is 85.5 Å². The molecule has 278 valence electrons. The molecule has 2 heterocycles. The molecule has 11 rings (SSSR count). The Kier molecular flexibility index (Phi) is 8.92. The van der Waals surface area contributed by atoms with Crippen LogP contribution in [0.5, 0.6) is 0 Å². The smallest absolute Gasteiger partial charge is 0.124 e. The molecule has 0 fully saturated rings. The quantitative estimate of drug-likeness (QED) is 0.152. The monoisotopic (exact) mass is 788 g/mol. The lowest BCUT2D eigenvalue weighted by atomic mass is 9.98. The number of aromatic nitrogens is 1. The van der Waals surface area contributed by atoms with Gasteiger partial charge in [-0.3, -0.25) is 0 Å². The SMILES string of the molecule is c1ccc(-c2ccc(-c3nc4cc5sc6ccccc6c5c(-c5ccc(N(c6ccc(-c7ccccc7)cc6)c6ccc(-c7ccccc7)cc6)cc5)c4s3)cc2)cc1. The van der Waals surface area contributed by atoms with Gasteiger partial charge in [0.15, 0.2) is 0 Å². The van der Waals surface area contributed by atoms with Gasteiger partial charge in [-0.1, -0.05) is 170 Å². The molecule has 0 unspecified atom stereocenters. The molecule has 2 aromatic heterocycles. The summed E-state index contributed by atoms with van der Waals surface area (Å²) in [4.78, 5) is 7.65. The molecule has 59 heavy (non-hydrogen) atoms. The minimum absolute atomic E-state index is 1.03. The van der Waals surface area contributed by atoms with Crippen LogP contribution in [0.2, 0.25) is 0 Å². The second kappa shape index (κ2) is 15.0. The maximum Gasteiger partial charge on any atom is 0.124 e. The number of anilines is 3. The molecular weight excluding hydrogens is 753 g/mol. The number of nitrogens with zero attached hydrogens (tertiary/aromatic N) is 2. The van der Waals surface area contributed by atoms with Gasteiger partial charge in [-0.05, 0) is 87.5 Å². The van der Waals surface area contributed by atoms with E-state index in [2.05, 4.69) is 223 Å². The summed E-state index contributed by atoms with van der Waals surface area (Å²) in [6, 6.07) is 78.6. The van der Waals surface area contributed by atoms with Crippen molar-refractivity contribution in [3.8, 4) is 55.1 Å². The Morgan fingerprint density at radius 3 is 1.25 bits per heavy atom. The molecule has 0 amide bonds. The van der Waals surface area contributed by atoms with E-state index in [9.17, 15) is 0 Å². The molecule has 0 aliphatic rings. The third-order valence-electron chi connectivity index (χ3n) is 11.1. The Morgan fingerprint density at radius 2 is 0.746 bits per heavy atom. The third kappa shape index (κ3) is 6.59. The van der Waals surface area contributed by atoms with Crippen LogP contribution in [-0.4, -0.2) is 4.98 Å². The minimum atomic E-state index is 1.03. The molecule has 11 aromatic rings. The molecule has 0 atom stereocenters. The highest BCUT2D eigenvalue weighted by molar-refractivity contribution is 7.26. The van der Waals surface area contributed by atoms with Crippen molar-refractivity contribution in [3.63, 3.8) is 0 Å². The standard InChI is InChI=1S/C55H36N2S2/c1-4-12-37(13-5-1)40-20-22-44(23-21-40)55-56-49-36-51-53(48-18-10-11-19-50(48)58-51)52(54(49)59-55)43-28-34-47(35-29-43)57(45-30-24-41(25-31-45)38-14-6-2-7-15-38)46-32-26-42(27-33-46)39-16-8-3-9-17-39/h1-36H. The molecule has 0 radical (unpaired) electrons. The summed E-state index contributed by atoms with van der Waals surface area (Å²) in [7, 11) is 0. The molecule has 4 heteroatoms. The fourth-order valence-electron chi connectivity index (χ4n) is 8.20. The lowest BCUT2D eigenvalue weighted by Gasteiger charge is -2.26. The zero-order chi connectivity index (χ0) is 39.1. The highest BCUT2D eigenvalue weighted by Crippen LogP contribution is 2.48. The van der Waals surface area contributed by atoms with E-state index >= 15 is 0 Å². The summed E-state index contributed by atoms with van der Waals surface area (Å²) in [6.07, 6.45) is 0. The molecular formula is C55H36N2S2. The number of rotatable bonds is 8. The molecule has 0 N–H and O–H groups in total. The second-order valence-electron chi connectivity index (χ2n) is 14.7. The molecule has 0 saturated heterocycles. The molecule has 9 aromatic carbocycles. The van der Waals surface area contributed by atoms with Gasteiger partial charge in [-0.25, -0.2) is 4.98 Å².